The van der Waals surface area contributed by atoms with E-state index in [1.807, 2.05) is 0 Å². The second-order valence-electron chi connectivity index (χ2n) is 3.64. The minimum absolute atomic E-state index is 0. The first-order valence-corrected chi connectivity index (χ1v) is 9.66. The molecule has 2 aromatic rings. The van der Waals surface area contributed by atoms with Crippen molar-refractivity contribution >= 4 is 33.2 Å². The van der Waals surface area contributed by atoms with E-state index in [1.165, 1.54) is 24.3 Å². The number of hydrogen-bond donors (Lipinski definition) is 1. The van der Waals surface area contributed by atoms with Gasteiger partial charge >= 0.3 is 139 Å². The van der Waals surface area contributed by atoms with E-state index in [0.29, 0.717) is 4.35 Å². The van der Waals surface area contributed by atoms with Gasteiger partial charge in [-0.1, -0.05) is 0 Å². The smallest absolute Gasteiger partial charge is 1.00 e. The summed E-state index contributed by atoms with van der Waals surface area (Å²) in [5, 5.41) is 0. The van der Waals surface area contributed by atoms with Crippen LogP contribution in [0.2, 0.25) is 0 Å². The van der Waals surface area contributed by atoms with Gasteiger partial charge in [0.15, 0.2) is 0 Å². The maximum absolute atomic E-state index is 12.4. The van der Waals surface area contributed by atoms with Crippen molar-refractivity contribution < 1.29 is 45.8 Å². The molecule has 0 bridgehead atoms. The largest absolute Gasteiger partial charge is 1.00 e. The van der Waals surface area contributed by atoms with E-state index in [-0.39, 0.29) is 38.8 Å². The van der Waals surface area contributed by atoms with Crippen molar-refractivity contribution in [3.05, 3.63) is 54.6 Å². The molecule has 0 aliphatic heterocycles. The van der Waals surface area contributed by atoms with Crippen molar-refractivity contribution in [1.29, 1.82) is 0 Å². The predicted octanol–water partition coefficient (Wildman–Crippen LogP) is -2.66. The van der Waals surface area contributed by atoms with Crippen LogP contribution in [0.15, 0.2) is 59.5 Å². The molecule has 0 spiro atoms. The molecule has 0 amide bonds. The van der Waals surface area contributed by atoms with Crippen LogP contribution in [-0.2, 0) is 22.9 Å². The third-order valence-corrected chi connectivity index (χ3v) is 7.33. The molecule has 7 heteroatoms. The molecule has 0 aliphatic carbocycles. The second-order valence-corrected chi connectivity index (χ2v) is 9.16. The monoisotopic (exact) mass is 348 g/mol. The fourth-order valence-corrected chi connectivity index (χ4v) is 4.89. The quantitative estimate of drug-likeness (QED) is 0.486. The first-order chi connectivity index (χ1) is 8.51. The molecule has 0 saturated heterocycles. The Bertz CT molecular complexity index is 660. The van der Waals surface area contributed by atoms with Crippen LogP contribution in [-0.4, -0.2) is 17.9 Å². The van der Waals surface area contributed by atoms with Crippen LogP contribution in [0.4, 0.5) is 0 Å². The fraction of sp³-hybridized carbons (Fsp3) is 0. The Hall–Kier alpha value is -0.292. The van der Waals surface area contributed by atoms with Gasteiger partial charge in [-0.3, -0.25) is 0 Å². The van der Waals surface area contributed by atoms with E-state index in [9.17, 15) is 16.3 Å². The van der Waals surface area contributed by atoms with E-state index in [4.69, 9.17) is 0 Å². The summed E-state index contributed by atoms with van der Waals surface area (Å²) in [7, 11) is -2.32. The third-order valence-electron chi connectivity index (χ3n) is 2.49. The standard InChI is InChI=1S/C12H10AsO4S.Na/c14-13(15,10-4-2-1-3-5-10)11-6-8-12(9-7-11)18(16)17;/h1-9H,(H,14,15);/q-1;+1. The molecule has 2 rings (SSSR count). The zero-order valence-corrected chi connectivity index (χ0v) is 14.9. The average Bonchev–Trinajstić information content (AvgIpc) is 2.40. The maximum atomic E-state index is 12.4. The van der Waals surface area contributed by atoms with E-state index in [0.717, 1.165) is 0 Å². The summed E-state index contributed by atoms with van der Waals surface area (Å²) in [5.74, 6) is 0. The van der Waals surface area contributed by atoms with Gasteiger partial charge in [-0.15, -0.1) is 0 Å². The molecular weight excluding hydrogens is 338 g/mol. The Kier molecular flexibility index (Phi) is 6.11. The van der Waals surface area contributed by atoms with E-state index >= 15 is 0 Å². The van der Waals surface area contributed by atoms with Crippen molar-refractivity contribution in [2.24, 2.45) is 0 Å². The minimum Gasteiger partial charge on any atom is 1.00 e. The third kappa shape index (κ3) is 3.85. The van der Waals surface area contributed by atoms with Gasteiger partial charge in [-0.25, -0.2) is 0 Å². The van der Waals surface area contributed by atoms with Gasteiger partial charge in [-0.2, -0.15) is 0 Å². The molecule has 19 heavy (non-hydrogen) atoms. The van der Waals surface area contributed by atoms with Gasteiger partial charge in [-0.05, 0) is 0 Å². The van der Waals surface area contributed by atoms with E-state index in [2.05, 4.69) is 0 Å². The molecule has 0 aromatic heterocycles. The molecule has 0 fully saturated rings. The molecule has 0 radical (unpaired) electrons. The van der Waals surface area contributed by atoms with Gasteiger partial charge in [0.25, 0.3) is 0 Å². The SMILES string of the molecule is O=[S-](=O)c1ccc([As](=O)(O)c2ccccc2)cc1.[Na+]. The minimum atomic E-state index is -4.34. The summed E-state index contributed by atoms with van der Waals surface area (Å²) in [5.41, 5.74) is 0. The predicted molar refractivity (Wildman–Crippen MR) is 67.8 cm³/mol. The fourth-order valence-electron chi connectivity index (χ4n) is 1.54. The molecule has 94 valence electrons. The van der Waals surface area contributed by atoms with Crippen LogP contribution in [0.1, 0.15) is 0 Å². The molecule has 4 nitrogen and oxygen atoms in total. The van der Waals surface area contributed by atoms with Crippen molar-refractivity contribution in [2.45, 2.75) is 4.90 Å². The van der Waals surface area contributed by atoms with Crippen LogP contribution >= 0.6 is 0 Å². The Morgan fingerprint density at radius 3 is 1.79 bits per heavy atom. The van der Waals surface area contributed by atoms with E-state index < -0.39 is 24.5 Å². The molecule has 2 aromatic carbocycles. The Balaban J connectivity index is 0.00000180. The van der Waals surface area contributed by atoms with Gasteiger partial charge in [0, 0.05) is 0 Å². The van der Waals surface area contributed by atoms with Crippen LogP contribution in [0.5, 0.6) is 0 Å². The van der Waals surface area contributed by atoms with Crippen molar-refractivity contribution in [2.75, 3.05) is 0 Å². The topological polar surface area (TPSA) is 71.4 Å². The number of benzene rings is 2. The van der Waals surface area contributed by atoms with Crippen LogP contribution < -0.4 is 38.3 Å². The van der Waals surface area contributed by atoms with Crippen LogP contribution in [0, 0.1) is 0 Å². The Labute approximate surface area is 137 Å². The van der Waals surface area contributed by atoms with Gasteiger partial charge in [0.05, 0.1) is 0 Å². The molecule has 0 heterocycles. The van der Waals surface area contributed by atoms with Crippen molar-refractivity contribution in [3.8, 4) is 0 Å². The molecule has 1 atom stereocenters. The second kappa shape index (κ2) is 6.93. The molecule has 0 saturated carbocycles. The molecule has 0 aliphatic rings. The Morgan fingerprint density at radius 2 is 1.32 bits per heavy atom. The molecule has 1 unspecified atom stereocenters. The normalized spacial score (nSPS) is 13.6. The van der Waals surface area contributed by atoms with Gasteiger partial charge in [0.2, 0.25) is 0 Å². The Morgan fingerprint density at radius 1 is 0.842 bits per heavy atom. The van der Waals surface area contributed by atoms with Crippen LogP contribution in [0.25, 0.3) is 0 Å². The number of rotatable bonds is 3. The first kappa shape index (κ1) is 16.8. The van der Waals surface area contributed by atoms with Gasteiger partial charge in [0.1, 0.15) is 0 Å². The first-order valence-electron chi connectivity index (χ1n) is 5.10. The summed E-state index contributed by atoms with van der Waals surface area (Å²) in [6, 6.07) is 13.8. The van der Waals surface area contributed by atoms with Crippen molar-refractivity contribution in [3.63, 3.8) is 0 Å². The summed E-state index contributed by atoms with van der Waals surface area (Å²) >= 11 is -4.34. The summed E-state index contributed by atoms with van der Waals surface area (Å²) < 4.78 is 44.6. The summed E-state index contributed by atoms with van der Waals surface area (Å²) in [4.78, 5) is 0.0994. The van der Waals surface area contributed by atoms with Gasteiger partial charge < -0.3 is 0 Å². The number of hydrogen-bond acceptors (Lipinski definition) is 4. The zero-order chi connectivity index (χ0) is 13.2. The molecular formula is C12H10AsNaO4S. The molecule has 1 N–H and O–H groups in total. The van der Waals surface area contributed by atoms with Crippen molar-refractivity contribution in [1.82, 2.24) is 0 Å². The van der Waals surface area contributed by atoms with Crippen LogP contribution in [0.3, 0.4) is 0 Å². The summed E-state index contributed by atoms with van der Waals surface area (Å²) in [6.45, 7) is 0. The van der Waals surface area contributed by atoms with E-state index in [1.54, 1.807) is 30.3 Å². The maximum Gasteiger partial charge on any atom is 1.00 e. The average molecular weight is 348 g/mol. The zero-order valence-electron chi connectivity index (χ0n) is 10.2. The summed E-state index contributed by atoms with van der Waals surface area (Å²) in [6.07, 6.45) is 0.